The second-order valence-electron chi connectivity index (χ2n) is 6.85. The van der Waals surface area contributed by atoms with Gasteiger partial charge in [-0.05, 0) is 30.5 Å². The van der Waals surface area contributed by atoms with Gasteiger partial charge in [0.2, 0.25) is 6.35 Å². The molecule has 28 heavy (non-hydrogen) atoms. The Morgan fingerprint density at radius 3 is 2.36 bits per heavy atom. The first kappa shape index (κ1) is 22.6. The fraction of sp³-hybridized carbons (Fsp3) is 0.500. The van der Waals surface area contributed by atoms with Gasteiger partial charge in [0, 0.05) is 25.5 Å². The van der Waals surface area contributed by atoms with Crippen LogP contribution in [0.5, 0.6) is 0 Å². The zero-order valence-electron chi connectivity index (χ0n) is 16.3. The van der Waals surface area contributed by atoms with E-state index in [1.165, 1.54) is 25.0 Å². The Bertz CT molecular complexity index is 690. The predicted molar refractivity (Wildman–Crippen MR) is 108 cm³/mol. The van der Waals surface area contributed by atoms with E-state index in [1.807, 2.05) is 23.3 Å². The van der Waals surface area contributed by atoms with Gasteiger partial charge in [0.15, 0.2) is 0 Å². The first-order valence-electron chi connectivity index (χ1n) is 9.75. The van der Waals surface area contributed by atoms with Crippen molar-refractivity contribution in [1.29, 1.82) is 0 Å². The second kappa shape index (κ2) is 11.4. The van der Waals surface area contributed by atoms with E-state index in [0.29, 0.717) is 19.5 Å². The number of phosphoric ester groups is 1. The minimum atomic E-state index is -4.61. The van der Waals surface area contributed by atoms with Gasteiger partial charge in [-0.15, -0.1) is 0 Å². The Morgan fingerprint density at radius 2 is 1.71 bits per heavy atom. The van der Waals surface area contributed by atoms with Gasteiger partial charge >= 0.3 is 7.82 Å². The van der Waals surface area contributed by atoms with Gasteiger partial charge in [0.25, 0.3) is 0 Å². The summed E-state index contributed by atoms with van der Waals surface area (Å²) >= 11 is 0. The molecular formula is C20H30FN2O4P. The molecule has 0 bridgehead atoms. The van der Waals surface area contributed by atoms with Crippen LogP contribution in [-0.2, 0) is 9.09 Å². The van der Waals surface area contributed by atoms with Gasteiger partial charge in [0.05, 0.1) is 0 Å². The van der Waals surface area contributed by atoms with Crippen molar-refractivity contribution < 1.29 is 23.3 Å². The number of halogens is 1. The van der Waals surface area contributed by atoms with E-state index in [-0.39, 0.29) is 5.82 Å². The molecule has 0 saturated carbocycles. The van der Waals surface area contributed by atoms with Crippen LogP contribution in [0.3, 0.4) is 0 Å². The number of phosphoric acid groups is 1. The van der Waals surface area contributed by atoms with Gasteiger partial charge in [-0.25, -0.2) is 13.5 Å². The molecule has 2 rings (SSSR count). The Balaban J connectivity index is 1.85. The summed E-state index contributed by atoms with van der Waals surface area (Å²) in [7, 11) is -4.61. The molecule has 0 fully saturated rings. The van der Waals surface area contributed by atoms with Crippen LogP contribution in [0.15, 0.2) is 42.7 Å². The van der Waals surface area contributed by atoms with Gasteiger partial charge in [-0.1, -0.05) is 56.9 Å². The molecule has 156 valence electrons. The van der Waals surface area contributed by atoms with Crippen LogP contribution in [0.2, 0.25) is 0 Å². The lowest BCUT2D eigenvalue weighted by Crippen LogP contribution is -2.40. The highest BCUT2D eigenvalue weighted by Gasteiger charge is 2.32. The van der Waals surface area contributed by atoms with Crippen LogP contribution >= 0.6 is 7.82 Å². The average molecular weight is 412 g/mol. The van der Waals surface area contributed by atoms with E-state index in [1.54, 1.807) is 23.2 Å². The van der Waals surface area contributed by atoms with Crippen molar-refractivity contribution in [3.05, 3.63) is 54.1 Å². The Morgan fingerprint density at radius 1 is 1.07 bits per heavy atom. The number of unbranched alkanes of at least 4 members (excludes halogenated alkanes) is 4. The maximum absolute atomic E-state index is 12.9. The largest absolute Gasteiger partial charge is 0.472 e. The van der Waals surface area contributed by atoms with E-state index in [9.17, 15) is 18.7 Å². The molecule has 1 aliphatic heterocycles. The van der Waals surface area contributed by atoms with Crippen molar-refractivity contribution in [2.75, 3.05) is 13.1 Å². The summed E-state index contributed by atoms with van der Waals surface area (Å²) in [6.45, 7) is 3.40. The Hall–Kier alpha value is -1.66. The second-order valence-corrected chi connectivity index (χ2v) is 8.04. The van der Waals surface area contributed by atoms with Gasteiger partial charge in [-0.3, -0.25) is 0 Å². The van der Waals surface area contributed by atoms with E-state index in [0.717, 1.165) is 24.8 Å². The third-order valence-corrected chi connectivity index (χ3v) is 4.97. The summed E-state index contributed by atoms with van der Waals surface area (Å²) in [6.07, 6.45) is 12.9. The fourth-order valence-corrected chi connectivity index (χ4v) is 3.53. The zero-order chi connectivity index (χ0) is 20.4. The molecule has 8 heteroatoms. The Kier molecular flexibility index (Phi) is 9.19. The summed E-state index contributed by atoms with van der Waals surface area (Å²) in [5, 5.41) is 0. The molecule has 0 amide bonds. The fourth-order valence-electron chi connectivity index (χ4n) is 3.04. The molecule has 6 nitrogen and oxygen atoms in total. The molecule has 1 atom stereocenters. The number of nitrogens with zero attached hydrogens (tertiary/aromatic N) is 2. The van der Waals surface area contributed by atoms with Crippen LogP contribution in [0.1, 0.15) is 51.0 Å². The van der Waals surface area contributed by atoms with E-state index < -0.39 is 14.2 Å². The topological polar surface area (TPSA) is 73.2 Å². The standard InChI is InChI=1S/C20H30FN2O4P/c1-2-3-4-5-7-14-22-16-17-23(20(22)27-28(24,25)26)15-8-6-9-18-10-12-19(21)13-11-18/h6,9-13,16-17,20H,2-5,7-8,14-15H2,1H3,(H2,24,25,26)/b9-6+. The molecule has 0 radical (unpaired) electrons. The highest BCUT2D eigenvalue weighted by Crippen LogP contribution is 2.40. The van der Waals surface area contributed by atoms with Crippen LogP contribution in [-0.4, -0.2) is 39.0 Å². The number of benzene rings is 1. The monoisotopic (exact) mass is 412 g/mol. The highest BCUT2D eigenvalue weighted by atomic mass is 31.2. The summed E-state index contributed by atoms with van der Waals surface area (Å²) in [4.78, 5) is 22.1. The number of hydrogen-bond acceptors (Lipinski definition) is 4. The quantitative estimate of drug-likeness (QED) is 0.384. The third-order valence-electron chi connectivity index (χ3n) is 4.50. The highest BCUT2D eigenvalue weighted by molar-refractivity contribution is 7.46. The molecule has 0 saturated heterocycles. The van der Waals surface area contributed by atoms with Gasteiger partial charge < -0.3 is 19.6 Å². The molecular weight excluding hydrogens is 382 g/mol. The molecule has 1 heterocycles. The molecule has 1 aromatic rings. The molecule has 1 aliphatic rings. The molecule has 1 aromatic carbocycles. The average Bonchev–Trinajstić information content (AvgIpc) is 3.00. The van der Waals surface area contributed by atoms with E-state index in [2.05, 4.69) is 6.92 Å². The summed E-state index contributed by atoms with van der Waals surface area (Å²) < 4.78 is 29.3. The SMILES string of the molecule is CCCCCCCN1C=CN(CC/C=C/c2ccc(F)cc2)C1OP(=O)(O)O. The van der Waals surface area contributed by atoms with Gasteiger partial charge in [-0.2, -0.15) is 0 Å². The van der Waals surface area contributed by atoms with Crippen molar-refractivity contribution in [1.82, 2.24) is 9.80 Å². The lowest BCUT2D eigenvalue weighted by atomic mass is 10.1. The molecule has 0 aromatic heterocycles. The lowest BCUT2D eigenvalue weighted by molar-refractivity contribution is -0.0434. The smallest absolute Gasteiger partial charge is 0.334 e. The zero-order valence-corrected chi connectivity index (χ0v) is 17.2. The van der Waals surface area contributed by atoms with Crippen LogP contribution in [0.4, 0.5) is 4.39 Å². The molecule has 0 spiro atoms. The minimum Gasteiger partial charge on any atom is -0.334 e. The van der Waals surface area contributed by atoms with Crippen molar-refractivity contribution in [2.45, 2.75) is 51.8 Å². The third kappa shape index (κ3) is 8.15. The van der Waals surface area contributed by atoms with E-state index in [4.69, 9.17) is 4.52 Å². The molecule has 0 aliphatic carbocycles. The van der Waals surface area contributed by atoms with Crippen molar-refractivity contribution in [3.8, 4) is 0 Å². The first-order chi connectivity index (χ1) is 13.4. The van der Waals surface area contributed by atoms with Crippen molar-refractivity contribution in [3.63, 3.8) is 0 Å². The normalized spacial score (nSPS) is 17.2. The van der Waals surface area contributed by atoms with E-state index >= 15 is 0 Å². The summed E-state index contributed by atoms with van der Waals surface area (Å²) in [5.74, 6) is -0.272. The molecule has 2 N–H and O–H groups in total. The van der Waals surface area contributed by atoms with Crippen molar-refractivity contribution in [2.24, 2.45) is 0 Å². The first-order valence-corrected chi connectivity index (χ1v) is 11.3. The summed E-state index contributed by atoms with van der Waals surface area (Å²) in [6, 6.07) is 6.21. The number of rotatable bonds is 12. The summed E-state index contributed by atoms with van der Waals surface area (Å²) in [5.41, 5.74) is 0.898. The van der Waals surface area contributed by atoms with Crippen LogP contribution in [0, 0.1) is 5.82 Å². The van der Waals surface area contributed by atoms with Crippen molar-refractivity contribution >= 4 is 13.9 Å². The van der Waals surface area contributed by atoms with Gasteiger partial charge in [0.1, 0.15) is 5.82 Å². The predicted octanol–water partition coefficient (Wildman–Crippen LogP) is 4.68. The number of hydrogen-bond donors (Lipinski definition) is 2. The minimum absolute atomic E-state index is 0.272. The molecule has 1 unspecified atom stereocenters. The van der Waals surface area contributed by atoms with Crippen LogP contribution < -0.4 is 0 Å². The van der Waals surface area contributed by atoms with Crippen LogP contribution in [0.25, 0.3) is 6.08 Å². The Labute approximate surface area is 166 Å². The lowest BCUT2D eigenvalue weighted by Gasteiger charge is -2.32. The maximum atomic E-state index is 12.9. The maximum Gasteiger partial charge on any atom is 0.472 e.